The van der Waals surface area contributed by atoms with Gasteiger partial charge in [-0.1, -0.05) is 0 Å². The molecule has 0 radical (unpaired) electrons. The quantitative estimate of drug-likeness (QED) is 0.181. The van der Waals surface area contributed by atoms with Crippen LogP contribution in [-0.4, -0.2) is 90.6 Å². The van der Waals surface area contributed by atoms with Gasteiger partial charge in [0, 0.05) is 19.3 Å². The van der Waals surface area contributed by atoms with E-state index in [1.165, 1.54) is 12.3 Å². The lowest BCUT2D eigenvalue weighted by atomic mass is 10.1. The Morgan fingerprint density at radius 3 is 2.26 bits per heavy atom. The molecule has 18 nitrogen and oxygen atoms in total. The Balaban J connectivity index is 1.64. The molecule has 2 saturated heterocycles. The van der Waals surface area contributed by atoms with Crippen molar-refractivity contribution in [1.29, 1.82) is 0 Å². The predicted molar refractivity (Wildman–Crippen MR) is 107 cm³/mol. The molecule has 6 atom stereocenters. The van der Waals surface area contributed by atoms with E-state index in [1.807, 2.05) is 4.90 Å². The second-order valence-electron chi connectivity index (χ2n) is 7.01. The molecular weight excluding hydrogens is 531 g/mol. The number of phosphoric acid groups is 3. The molecule has 6 N–H and O–H groups in total. The van der Waals surface area contributed by atoms with Gasteiger partial charge in [-0.15, -0.1) is 0 Å². The van der Waals surface area contributed by atoms with Gasteiger partial charge in [0.1, 0.15) is 24.1 Å². The van der Waals surface area contributed by atoms with Gasteiger partial charge in [0.15, 0.2) is 6.23 Å². The summed E-state index contributed by atoms with van der Waals surface area (Å²) in [4.78, 5) is 53.9. The fourth-order valence-electron chi connectivity index (χ4n) is 3.13. The van der Waals surface area contributed by atoms with Crippen LogP contribution in [0.15, 0.2) is 17.1 Å². The lowest BCUT2D eigenvalue weighted by Gasteiger charge is -2.28. The van der Waals surface area contributed by atoms with Crippen LogP contribution < -0.4 is 10.6 Å². The molecule has 34 heavy (non-hydrogen) atoms. The minimum atomic E-state index is -5.73. The molecule has 0 spiro atoms. The summed E-state index contributed by atoms with van der Waals surface area (Å²) in [7, 11) is -16.8. The number of hydrogen-bond donors (Lipinski definition) is 6. The number of nitrogens with zero attached hydrogens (tertiary/aromatic N) is 3. The van der Waals surface area contributed by atoms with E-state index in [2.05, 4.69) is 18.1 Å². The lowest BCUT2D eigenvalue weighted by molar-refractivity contribution is -0.0541. The maximum atomic E-state index is 12.5. The number of morpholine rings is 1. The zero-order chi connectivity index (χ0) is 25.3. The van der Waals surface area contributed by atoms with Crippen molar-refractivity contribution in [2.45, 2.75) is 24.5 Å². The molecule has 1 aromatic rings. The van der Waals surface area contributed by atoms with Crippen molar-refractivity contribution in [3.63, 3.8) is 0 Å². The summed E-state index contributed by atoms with van der Waals surface area (Å²) in [6, 6.07) is 1.48. The number of phosphoric ester groups is 1. The van der Waals surface area contributed by atoms with Gasteiger partial charge < -0.3 is 44.2 Å². The standard InChI is InChI=1S/C13H22N3O15P3/c17-10-8(7-28-33(23,24)31-34(25,26)30-32(20,21)22)29-12(11(10)18)16-2-1-9(14-13(16)19)15-3-5-27-6-4-15/h1-2,8,10-12,17-18H,3-7H2,(H,23,24)(H,25,26)(H2,20,21,22)/t8-,10-,11-,12-/m1/s1. The summed E-state index contributed by atoms with van der Waals surface area (Å²) in [6.45, 7) is 0.935. The Morgan fingerprint density at radius 1 is 1.03 bits per heavy atom. The second kappa shape index (κ2) is 10.5. The third-order valence-electron chi connectivity index (χ3n) is 4.58. The number of ether oxygens (including phenoxy) is 2. The average Bonchev–Trinajstić information content (AvgIpc) is 2.98. The van der Waals surface area contributed by atoms with Crippen molar-refractivity contribution >= 4 is 29.3 Å². The Bertz CT molecular complexity index is 1070. The van der Waals surface area contributed by atoms with Crippen molar-refractivity contribution in [3.05, 3.63) is 22.7 Å². The molecule has 0 saturated carbocycles. The second-order valence-corrected chi connectivity index (χ2v) is 11.4. The Labute approximate surface area is 190 Å². The van der Waals surface area contributed by atoms with Crippen molar-refractivity contribution in [2.24, 2.45) is 0 Å². The van der Waals surface area contributed by atoms with Gasteiger partial charge in [0.2, 0.25) is 0 Å². The number of aromatic nitrogens is 2. The maximum Gasteiger partial charge on any atom is 0.490 e. The van der Waals surface area contributed by atoms with E-state index in [-0.39, 0.29) is 0 Å². The Kier molecular flexibility index (Phi) is 8.50. The van der Waals surface area contributed by atoms with E-state index in [0.717, 1.165) is 4.57 Å². The third-order valence-corrected chi connectivity index (χ3v) is 8.38. The molecule has 0 bridgehead atoms. The fourth-order valence-corrected chi connectivity index (χ4v) is 6.16. The van der Waals surface area contributed by atoms with Gasteiger partial charge in [-0.3, -0.25) is 9.09 Å². The van der Waals surface area contributed by atoms with Crippen LogP contribution in [0.5, 0.6) is 0 Å². The summed E-state index contributed by atoms with van der Waals surface area (Å²) in [6.07, 6.45) is -5.18. The molecule has 0 aliphatic carbocycles. The highest BCUT2D eigenvalue weighted by Crippen LogP contribution is 2.66. The van der Waals surface area contributed by atoms with E-state index in [0.29, 0.717) is 32.1 Å². The van der Waals surface area contributed by atoms with Gasteiger partial charge in [-0.05, 0) is 6.07 Å². The van der Waals surface area contributed by atoms with Gasteiger partial charge >= 0.3 is 29.2 Å². The highest BCUT2D eigenvalue weighted by atomic mass is 31.3. The molecule has 194 valence electrons. The summed E-state index contributed by atoms with van der Waals surface area (Å²) in [5.74, 6) is 0.363. The molecule has 0 aromatic carbocycles. The van der Waals surface area contributed by atoms with Gasteiger partial charge in [-0.2, -0.15) is 13.6 Å². The zero-order valence-electron chi connectivity index (χ0n) is 17.0. The highest BCUT2D eigenvalue weighted by Gasteiger charge is 2.46. The van der Waals surface area contributed by atoms with E-state index < -0.39 is 60.3 Å². The molecule has 2 aliphatic rings. The van der Waals surface area contributed by atoms with E-state index in [4.69, 9.17) is 24.2 Å². The Hall–Kier alpha value is -1.07. The number of aliphatic hydroxyl groups excluding tert-OH is 2. The summed E-state index contributed by atoms with van der Waals surface area (Å²) >= 11 is 0. The zero-order valence-corrected chi connectivity index (χ0v) is 19.7. The molecule has 3 heterocycles. The smallest absolute Gasteiger partial charge is 0.387 e. The van der Waals surface area contributed by atoms with Crippen LogP contribution >= 0.6 is 23.5 Å². The molecule has 0 amide bonds. The Morgan fingerprint density at radius 2 is 1.68 bits per heavy atom. The van der Waals surface area contributed by atoms with Crippen molar-refractivity contribution in [2.75, 3.05) is 37.8 Å². The van der Waals surface area contributed by atoms with Gasteiger partial charge in [-0.25, -0.2) is 18.5 Å². The third kappa shape index (κ3) is 7.22. The van der Waals surface area contributed by atoms with Crippen LogP contribution in [0.4, 0.5) is 5.82 Å². The number of rotatable bonds is 9. The highest BCUT2D eigenvalue weighted by molar-refractivity contribution is 7.66. The van der Waals surface area contributed by atoms with Crippen LogP contribution in [0.25, 0.3) is 0 Å². The lowest BCUT2D eigenvalue weighted by Crippen LogP contribution is -2.40. The first kappa shape index (κ1) is 27.5. The molecular formula is C13H22N3O15P3. The molecule has 2 aliphatic heterocycles. The van der Waals surface area contributed by atoms with E-state index in [9.17, 15) is 33.6 Å². The minimum absolute atomic E-state index is 0.363. The van der Waals surface area contributed by atoms with Crippen LogP contribution in [-0.2, 0) is 36.3 Å². The number of anilines is 1. The molecule has 2 fully saturated rings. The van der Waals surface area contributed by atoms with Gasteiger partial charge in [0.05, 0.1) is 19.8 Å². The molecule has 1 aromatic heterocycles. The van der Waals surface area contributed by atoms with Crippen molar-refractivity contribution in [1.82, 2.24) is 9.55 Å². The maximum absolute atomic E-state index is 12.5. The molecule has 21 heteroatoms. The number of hydrogen-bond acceptors (Lipinski definition) is 13. The average molecular weight is 553 g/mol. The summed E-state index contributed by atoms with van der Waals surface area (Å²) in [5.41, 5.74) is -0.825. The van der Waals surface area contributed by atoms with Crippen LogP contribution in [0.1, 0.15) is 6.23 Å². The normalized spacial score (nSPS) is 29.5. The van der Waals surface area contributed by atoms with Crippen molar-refractivity contribution < 1.29 is 66.1 Å². The first-order valence-corrected chi connectivity index (χ1v) is 13.9. The van der Waals surface area contributed by atoms with E-state index in [1.54, 1.807) is 0 Å². The van der Waals surface area contributed by atoms with Gasteiger partial charge in [0.25, 0.3) is 0 Å². The SMILES string of the molecule is O=c1nc(N2CCOCC2)ccn1[C@@H]1O[C@H](COP(=O)(O)OP(=O)(O)OP(=O)(O)O)[C@@H](O)[C@H]1O. The minimum Gasteiger partial charge on any atom is -0.387 e. The van der Waals surface area contributed by atoms with Crippen LogP contribution in [0.3, 0.4) is 0 Å². The molecule has 2 unspecified atom stereocenters. The first-order chi connectivity index (χ1) is 15.7. The monoisotopic (exact) mass is 553 g/mol. The largest absolute Gasteiger partial charge is 0.490 e. The van der Waals surface area contributed by atoms with Crippen LogP contribution in [0, 0.1) is 0 Å². The van der Waals surface area contributed by atoms with Crippen molar-refractivity contribution in [3.8, 4) is 0 Å². The van der Waals surface area contributed by atoms with Crippen LogP contribution in [0.2, 0.25) is 0 Å². The summed E-state index contributed by atoms with van der Waals surface area (Å²) < 4.78 is 56.8. The molecule has 3 rings (SSSR count). The summed E-state index contributed by atoms with van der Waals surface area (Å²) in [5, 5.41) is 20.4. The topological polar surface area (TPSA) is 257 Å². The first-order valence-electron chi connectivity index (χ1n) is 9.39. The fraction of sp³-hybridized carbons (Fsp3) is 0.692. The predicted octanol–water partition coefficient (Wildman–Crippen LogP) is -1.96. The van der Waals surface area contributed by atoms with E-state index >= 15 is 0 Å². The number of aliphatic hydroxyl groups is 2.